The van der Waals surface area contributed by atoms with Gasteiger partial charge in [-0.25, -0.2) is 4.79 Å². The molecule has 1 aliphatic rings. The van der Waals surface area contributed by atoms with Crippen molar-refractivity contribution >= 4 is 6.09 Å². The lowest BCUT2D eigenvalue weighted by atomic mass is 9.97. The van der Waals surface area contributed by atoms with Crippen LogP contribution < -0.4 is 5.32 Å². The molecule has 1 aliphatic carbocycles. The van der Waals surface area contributed by atoms with E-state index in [-0.39, 0.29) is 12.2 Å². The molecule has 1 rings (SSSR count). The van der Waals surface area contributed by atoms with Crippen molar-refractivity contribution in [2.24, 2.45) is 0 Å². The topological polar surface area (TPSA) is 38.3 Å². The van der Waals surface area contributed by atoms with Gasteiger partial charge in [-0.2, -0.15) is 0 Å². The van der Waals surface area contributed by atoms with E-state index in [2.05, 4.69) is 5.32 Å². The van der Waals surface area contributed by atoms with E-state index in [1.54, 1.807) is 0 Å². The lowest BCUT2D eigenvalue weighted by molar-refractivity contribution is 0.110. The zero-order chi connectivity index (χ0) is 11.1. The van der Waals surface area contributed by atoms with Crippen LogP contribution in [0.2, 0.25) is 0 Å². The summed E-state index contributed by atoms with van der Waals surface area (Å²) in [7, 11) is 0. The van der Waals surface area contributed by atoms with Crippen molar-refractivity contribution in [1.82, 2.24) is 5.32 Å². The molecule has 3 heteroatoms. The third-order valence-corrected chi connectivity index (χ3v) is 2.77. The molecule has 0 aromatic heterocycles. The zero-order valence-electron chi connectivity index (χ0n) is 9.92. The zero-order valence-corrected chi connectivity index (χ0v) is 9.92. The SMILES string of the molecule is CC(C)OC(=O)NC1CCCCCCC1. The number of hydrogen-bond donors (Lipinski definition) is 1. The van der Waals surface area contributed by atoms with E-state index in [0.717, 1.165) is 12.8 Å². The van der Waals surface area contributed by atoms with Crippen LogP contribution in [0, 0.1) is 0 Å². The average Bonchev–Trinajstić information content (AvgIpc) is 2.08. The van der Waals surface area contributed by atoms with Crippen molar-refractivity contribution in [1.29, 1.82) is 0 Å². The van der Waals surface area contributed by atoms with E-state index in [1.165, 1.54) is 32.1 Å². The molecule has 0 radical (unpaired) electrons. The molecule has 0 aliphatic heterocycles. The molecule has 1 amide bonds. The summed E-state index contributed by atoms with van der Waals surface area (Å²) < 4.78 is 5.07. The van der Waals surface area contributed by atoms with Crippen LogP contribution in [-0.4, -0.2) is 18.2 Å². The predicted molar refractivity (Wildman–Crippen MR) is 60.9 cm³/mol. The van der Waals surface area contributed by atoms with E-state index in [9.17, 15) is 4.79 Å². The first-order valence-corrected chi connectivity index (χ1v) is 6.15. The molecule has 0 saturated heterocycles. The van der Waals surface area contributed by atoms with Crippen molar-refractivity contribution in [3.05, 3.63) is 0 Å². The predicted octanol–water partition coefficient (Wildman–Crippen LogP) is 3.23. The van der Waals surface area contributed by atoms with Crippen molar-refractivity contribution < 1.29 is 9.53 Å². The number of nitrogens with one attached hydrogen (secondary N) is 1. The second-order valence-electron chi connectivity index (χ2n) is 4.64. The van der Waals surface area contributed by atoms with Crippen LogP contribution in [0.1, 0.15) is 58.8 Å². The number of amides is 1. The maximum absolute atomic E-state index is 11.4. The lowest BCUT2D eigenvalue weighted by Crippen LogP contribution is -2.36. The highest BCUT2D eigenvalue weighted by atomic mass is 16.6. The van der Waals surface area contributed by atoms with Gasteiger partial charge in [0.2, 0.25) is 0 Å². The standard InChI is InChI=1S/C12H23NO2/c1-10(2)15-12(14)13-11-8-6-4-3-5-7-9-11/h10-11H,3-9H2,1-2H3,(H,13,14). The summed E-state index contributed by atoms with van der Waals surface area (Å²) in [5.74, 6) is 0. The number of ether oxygens (including phenoxy) is 1. The fourth-order valence-corrected chi connectivity index (χ4v) is 2.02. The highest BCUT2D eigenvalue weighted by Gasteiger charge is 2.14. The molecular formula is C12H23NO2. The van der Waals surface area contributed by atoms with Crippen LogP contribution in [0.3, 0.4) is 0 Å². The molecule has 3 nitrogen and oxygen atoms in total. The van der Waals surface area contributed by atoms with Crippen LogP contribution in [0.5, 0.6) is 0 Å². The molecule has 0 aromatic rings. The summed E-state index contributed by atoms with van der Waals surface area (Å²) in [6.45, 7) is 3.75. The summed E-state index contributed by atoms with van der Waals surface area (Å²) in [5, 5.41) is 2.96. The summed E-state index contributed by atoms with van der Waals surface area (Å²) in [6.07, 6.45) is 8.34. The van der Waals surface area contributed by atoms with E-state index in [4.69, 9.17) is 4.74 Å². The minimum absolute atomic E-state index is 0.0291. The van der Waals surface area contributed by atoms with Crippen LogP contribution >= 0.6 is 0 Å². The first kappa shape index (κ1) is 12.3. The molecule has 0 unspecified atom stereocenters. The minimum Gasteiger partial charge on any atom is -0.447 e. The van der Waals surface area contributed by atoms with E-state index < -0.39 is 0 Å². The van der Waals surface area contributed by atoms with Crippen LogP contribution in [0.4, 0.5) is 4.79 Å². The monoisotopic (exact) mass is 213 g/mol. The van der Waals surface area contributed by atoms with E-state index in [1.807, 2.05) is 13.8 Å². The molecule has 0 heterocycles. The Kier molecular flexibility index (Phi) is 5.51. The fraction of sp³-hybridized carbons (Fsp3) is 0.917. The molecule has 0 atom stereocenters. The number of hydrogen-bond acceptors (Lipinski definition) is 2. The van der Waals surface area contributed by atoms with Gasteiger partial charge in [0.1, 0.15) is 0 Å². The number of alkyl carbamates (subject to hydrolysis) is 1. The van der Waals surface area contributed by atoms with Gasteiger partial charge in [-0.05, 0) is 26.7 Å². The minimum atomic E-state index is -0.254. The molecule has 0 bridgehead atoms. The Morgan fingerprint density at radius 3 is 2.20 bits per heavy atom. The van der Waals surface area contributed by atoms with Crippen LogP contribution in [-0.2, 0) is 4.74 Å². The van der Waals surface area contributed by atoms with Crippen LogP contribution in [0.15, 0.2) is 0 Å². The second-order valence-corrected chi connectivity index (χ2v) is 4.64. The van der Waals surface area contributed by atoms with Gasteiger partial charge in [-0.15, -0.1) is 0 Å². The van der Waals surface area contributed by atoms with E-state index in [0.29, 0.717) is 6.04 Å². The molecule has 0 spiro atoms. The molecule has 1 N–H and O–H groups in total. The highest BCUT2D eigenvalue weighted by molar-refractivity contribution is 5.67. The molecule has 0 aromatic carbocycles. The van der Waals surface area contributed by atoms with Gasteiger partial charge >= 0.3 is 6.09 Å². The van der Waals surface area contributed by atoms with Crippen molar-refractivity contribution in [2.75, 3.05) is 0 Å². The Labute approximate surface area is 92.6 Å². The average molecular weight is 213 g/mol. The van der Waals surface area contributed by atoms with Crippen molar-refractivity contribution in [2.45, 2.75) is 70.9 Å². The molecular weight excluding hydrogens is 190 g/mol. The smallest absolute Gasteiger partial charge is 0.407 e. The second kappa shape index (κ2) is 6.70. The number of carbonyl (C=O) groups is 1. The van der Waals surface area contributed by atoms with Gasteiger partial charge in [0, 0.05) is 6.04 Å². The Hall–Kier alpha value is -0.730. The first-order chi connectivity index (χ1) is 7.18. The Balaban J connectivity index is 2.25. The Bertz CT molecular complexity index is 184. The molecule has 88 valence electrons. The van der Waals surface area contributed by atoms with E-state index >= 15 is 0 Å². The van der Waals surface area contributed by atoms with Gasteiger partial charge in [0.15, 0.2) is 0 Å². The highest BCUT2D eigenvalue weighted by Crippen LogP contribution is 2.17. The summed E-state index contributed by atoms with van der Waals surface area (Å²) >= 11 is 0. The van der Waals surface area contributed by atoms with Crippen molar-refractivity contribution in [3.8, 4) is 0 Å². The van der Waals surface area contributed by atoms with Gasteiger partial charge in [-0.3, -0.25) is 0 Å². The van der Waals surface area contributed by atoms with Crippen molar-refractivity contribution in [3.63, 3.8) is 0 Å². The fourth-order valence-electron chi connectivity index (χ4n) is 2.02. The summed E-state index contributed by atoms with van der Waals surface area (Å²) in [6, 6.07) is 0.330. The van der Waals surface area contributed by atoms with Gasteiger partial charge < -0.3 is 10.1 Å². The summed E-state index contributed by atoms with van der Waals surface area (Å²) in [5.41, 5.74) is 0. The third-order valence-electron chi connectivity index (χ3n) is 2.77. The first-order valence-electron chi connectivity index (χ1n) is 6.15. The maximum Gasteiger partial charge on any atom is 0.407 e. The lowest BCUT2D eigenvalue weighted by Gasteiger charge is -2.21. The Morgan fingerprint density at radius 1 is 1.13 bits per heavy atom. The molecule has 15 heavy (non-hydrogen) atoms. The number of carbonyl (C=O) groups excluding carboxylic acids is 1. The normalized spacial score (nSPS) is 19.4. The number of rotatable bonds is 2. The van der Waals surface area contributed by atoms with Gasteiger partial charge in [-0.1, -0.05) is 32.1 Å². The van der Waals surface area contributed by atoms with Crippen LogP contribution in [0.25, 0.3) is 0 Å². The Morgan fingerprint density at radius 2 is 1.67 bits per heavy atom. The third kappa shape index (κ3) is 5.65. The maximum atomic E-state index is 11.4. The molecule has 1 saturated carbocycles. The van der Waals surface area contributed by atoms with Gasteiger partial charge in [0.05, 0.1) is 6.10 Å². The van der Waals surface area contributed by atoms with Gasteiger partial charge in [0.25, 0.3) is 0 Å². The largest absolute Gasteiger partial charge is 0.447 e. The molecule has 1 fully saturated rings. The quantitative estimate of drug-likeness (QED) is 0.764. The summed E-state index contributed by atoms with van der Waals surface area (Å²) in [4.78, 5) is 11.4.